The van der Waals surface area contributed by atoms with Crippen LogP contribution in [-0.2, 0) is 4.74 Å². The van der Waals surface area contributed by atoms with E-state index >= 15 is 0 Å². The zero-order chi connectivity index (χ0) is 12.8. The van der Waals surface area contributed by atoms with Gasteiger partial charge in [0.1, 0.15) is 5.60 Å². The van der Waals surface area contributed by atoms with E-state index in [1.807, 2.05) is 27.7 Å². The van der Waals surface area contributed by atoms with Gasteiger partial charge in [-0.25, -0.2) is 4.79 Å². The number of carbonyl (C=O) groups is 1. The van der Waals surface area contributed by atoms with E-state index in [9.17, 15) is 4.79 Å². The van der Waals surface area contributed by atoms with Crippen molar-refractivity contribution in [1.82, 2.24) is 10.6 Å². The topological polar surface area (TPSA) is 50.4 Å². The van der Waals surface area contributed by atoms with Crippen molar-refractivity contribution in [2.75, 3.05) is 6.54 Å². The van der Waals surface area contributed by atoms with Crippen molar-refractivity contribution in [2.24, 2.45) is 0 Å². The standard InChI is InChI=1S/C12H26N2O2/c1-7-9(2)13-8-10(3)14-11(15)16-12(4,5)6/h9-10,13H,7-8H2,1-6H3,(H,14,15)/t9?,10-/m0/s1. The molecule has 4 heteroatoms. The quantitative estimate of drug-likeness (QED) is 0.762. The molecule has 2 atom stereocenters. The number of ether oxygens (including phenoxy) is 1. The summed E-state index contributed by atoms with van der Waals surface area (Å²) < 4.78 is 5.16. The normalized spacial score (nSPS) is 15.4. The van der Waals surface area contributed by atoms with Gasteiger partial charge in [0, 0.05) is 18.6 Å². The molecule has 0 bridgehead atoms. The third-order valence-corrected chi connectivity index (χ3v) is 2.15. The van der Waals surface area contributed by atoms with Crippen LogP contribution in [0, 0.1) is 0 Å². The second-order valence-electron chi connectivity index (χ2n) is 5.26. The summed E-state index contributed by atoms with van der Waals surface area (Å²) in [6.45, 7) is 12.5. The van der Waals surface area contributed by atoms with Crippen LogP contribution in [0.5, 0.6) is 0 Å². The van der Waals surface area contributed by atoms with Crippen molar-refractivity contribution in [3.63, 3.8) is 0 Å². The van der Waals surface area contributed by atoms with Gasteiger partial charge in [-0.1, -0.05) is 6.92 Å². The van der Waals surface area contributed by atoms with Crippen molar-refractivity contribution in [3.05, 3.63) is 0 Å². The van der Waals surface area contributed by atoms with Crippen LogP contribution in [0.15, 0.2) is 0 Å². The molecule has 1 amide bonds. The van der Waals surface area contributed by atoms with Crippen LogP contribution < -0.4 is 10.6 Å². The van der Waals surface area contributed by atoms with Crippen LogP contribution in [0.1, 0.15) is 48.0 Å². The number of carbonyl (C=O) groups excluding carboxylic acids is 1. The minimum absolute atomic E-state index is 0.0730. The van der Waals surface area contributed by atoms with E-state index in [1.165, 1.54) is 0 Å². The van der Waals surface area contributed by atoms with Crippen LogP contribution in [0.25, 0.3) is 0 Å². The minimum atomic E-state index is -0.437. The molecule has 0 saturated carbocycles. The molecule has 1 unspecified atom stereocenters. The van der Waals surface area contributed by atoms with Gasteiger partial charge in [-0.3, -0.25) is 0 Å². The molecular formula is C12H26N2O2. The number of alkyl carbamates (subject to hydrolysis) is 1. The average molecular weight is 230 g/mol. The van der Waals surface area contributed by atoms with E-state index in [1.54, 1.807) is 0 Å². The van der Waals surface area contributed by atoms with Crippen molar-refractivity contribution in [2.45, 2.75) is 65.6 Å². The fourth-order valence-electron chi connectivity index (χ4n) is 1.08. The lowest BCUT2D eigenvalue weighted by Crippen LogP contribution is -2.44. The largest absolute Gasteiger partial charge is 0.444 e. The smallest absolute Gasteiger partial charge is 0.407 e. The lowest BCUT2D eigenvalue weighted by molar-refractivity contribution is 0.0507. The SMILES string of the molecule is CCC(C)NC[C@H](C)NC(=O)OC(C)(C)C. The van der Waals surface area contributed by atoms with Gasteiger partial charge < -0.3 is 15.4 Å². The highest BCUT2D eigenvalue weighted by Gasteiger charge is 2.17. The molecule has 0 heterocycles. The first-order valence-electron chi connectivity index (χ1n) is 5.97. The maximum Gasteiger partial charge on any atom is 0.407 e. The predicted octanol–water partition coefficient (Wildman–Crippen LogP) is 2.29. The molecular weight excluding hydrogens is 204 g/mol. The molecule has 0 aromatic heterocycles. The Labute approximate surface area is 99.1 Å². The maximum atomic E-state index is 11.4. The molecule has 0 spiro atoms. The summed E-state index contributed by atoms with van der Waals surface area (Å²) in [4.78, 5) is 11.4. The molecule has 0 radical (unpaired) electrons. The molecule has 0 aliphatic heterocycles. The van der Waals surface area contributed by atoms with E-state index in [0.717, 1.165) is 13.0 Å². The first-order valence-corrected chi connectivity index (χ1v) is 5.97. The summed E-state index contributed by atoms with van der Waals surface area (Å²) in [5.74, 6) is 0. The van der Waals surface area contributed by atoms with E-state index in [0.29, 0.717) is 6.04 Å². The summed E-state index contributed by atoms with van der Waals surface area (Å²) in [6.07, 6.45) is 0.727. The van der Waals surface area contributed by atoms with Gasteiger partial charge in [-0.15, -0.1) is 0 Å². The molecule has 16 heavy (non-hydrogen) atoms. The Balaban J connectivity index is 3.79. The van der Waals surface area contributed by atoms with Crippen molar-refractivity contribution in [1.29, 1.82) is 0 Å². The molecule has 0 fully saturated rings. The zero-order valence-corrected chi connectivity index (χ0v) is 11.4. The molecule has 96 valence electrons. The number of hydrogen-bond acceptors (Lipinski definition) is 3. The first kappa shape index (κ1) is 15.2. The Morgan fingerprint density at radius 2 is 1.81 bits per heavy atom. The fourth-order valence-corrected chi connectivity index (χ4v) is 1.08. The Bertz CT molecular complexity index is 212. The molecule has 0 saturated heterocycles. The van der Waals surface area contributed by atoms with Crippen LogP contribution in [0.3, 0.4) is 0 Å². The highest BCUT2D eigenvalue weighted by Crippen LogP contribution is 2.06. The van der Waals surface area contributed by atoms with Gasteiger partial charge in [0.15, 0.2) is 0 Å². The van der Waals surface area contributed by atoms with Crippen molar-refractivity contribution < 1.29 is 9.53 Å². The van der Waals surface area contributed by atoms with E-state index in [-0.39, 0.29) is 12.1 Å². The first-order chi connectivity index (χ1) is 7.24. The lowest BCUT2D eigenvalue weighted by Gasteiger charge is -2.22. The number of rotatable bonds is 5. The summed E-state index contributed by atoms with van der Waals surface area (Å²) in [7, 11) is 0. The second-order valence-corrected chi connectivity index (χ2v) is 5.26. The third-order valence-electron chi connectivity index (χ3n) is 2.15. The minimum Gasteiger partial charge on any atom is -0.444 e. The van der Waals surface area contributed by atoms with Gasteiger partial charge in [0.25, 0.3) is 0 Å². The molecule has 0 aliphatic rings. The fraction of sp³-hybridized carbons (Fsp3) is 0.917. The summed E-state index contributed by atoms with van der Waals surface area (Å²) in [6, 6.07) is 0.548. The zero-order valence-electron chi connectivity index (χ0n) is 11.4. The maximum absolute atomic E-state index is 11.4. The summed E-state index contributed by atoms with van der Waals surface area (Å²) >= 11 is 0. The molecule has 0 aromatic rings. The van der Waals surface area contributed by atoms with Gasteiger partial charge in [-0.2, -0.15) is 0 Å². The summed E-state index contributed by atoms with van der Waals surface area (Å²) in [5.41, 5.74) is -0.437. The highest BCUT2D eigenvalue weighted by atomic mass is 16.6. The van der Waals surface area contributed by atoms with Crippen LogP contribution in [0.2, 0.25) is 0 Å². The Kier molecular flexibility index (Phi) is 6.41. The molecule has 4 nitrogen and oxygen atoms in total. The van der Waals surface area contributed by atoms with E-state index in [2.05, 4.69) is 24.5 Å². The van der Waals surface area contributed by atoms with Crippen LogP contribution >= 0.6 is 0 Å². The lowest BCUT2D eigenvalue weighted by atomic mass is 10.2. The van der Waals surface area contributed by atoms with Gasteiger partial charge >= 0.3 is 6.09 Å². The second kappa shape index (κ2) is 6.74. The van der Waals surface area contributed by atoms with Crippen LogP contribution in [0.4, 0.5) is 4.79 Å². The van der Waals surface area contributed by atoms with Crippen molar-refractivity contribution >= 4 is 6.09 Å². The molecule has 0 aliphatic carbocycles. The highest BCUT2D eigenvalue weighted by molar-refractivity contribution is 5.68. The van der Waals surface area contributed by atoms with Gasteiger partial charge in [0.05, 0.1) is 0 Å². The van der Waals surface area contributed by atoms with E-state index < -0.39 is 5.60 Å². The van der Waals surface area contributed by atoms with Gasteiger partial charge in [0.2, 0.25) is 0 Å². The number of hydrogen-bond donors (Lipinski definition) is 2. The average Bonchev–Trinajstić information content (AvgIpc) is 2.10. The summed E-state index contributed by atoms with van der Waals surface area (Å²) in [5, 5.41) is 6.12. The Morgan fingerprint density at radius 3 is 2.25 bits per heavy atom. The molecule has 0 aromatic carbocycles. The Hall–Kier alpha value is -0.770. The van der Waals surface area contributed by atoms with Crippen molar-refractivity contribution in [3.8, 4) is 0 Å². The third kappa shape index (κ3) is 8.53. The van der Waals surface area contributed by atoms with E-state index in [4.69, 9.17) is 4.74 Å². The number of amides is 1. The Morgan fingerprint density at radius 1 is 1.25 bits per heavy atom. The molecule has 2 N–H and O–H groups in total. The monoisotopic (exact) mass is 230 g/mol. The predicted molar refractivity (Wildman–Crippen MR) is 66.6 cm³/mol. The van der Waals surface area contributed by atoms with Gasteiger partial charge in [-0.05, 0) is 41.0 Å². The number of nitrogens with one attached hydrogen (secondary N) is 2. The van der Waals surface area contributed by atoms with Crippen LogP contribution in [-0.4, -0.2) is 30.3 Å². The molecule has 0 rings (SSSR count).